The molecule has 0 saturated carbocycles. The normalized spacial score (nSPS) is 12.7. The number of benzene rings is 1. The van der Waals surface area contributed by atoms with Crippen molar-refractivity contribution in [2.75, 3.05) is 24.3 Å². The number of hydrogen-bond donors (Lipinski definition) is 2. The average Bonchev–Trinajstić information content (AvgIpc) is 2.93. The fourth-order valence-electron chi connectivity index (χ4n) is 2.51. The third kappa shape index (κ3) is 5.06. The van der Waals surface area contributed by atoms with E-state index < -0.39 is 0 Å². The minimum absolute atomic E-state index is 0.0136. The summed E-state index contributed by atoms with van der Waals surface area (Å²) in [5.74, 6) is 0.592. The largest absolute Gasteiger partial charge is 0.377 e. The highest BCUT2D eigenvalue weighted by Gasteiger charge is 2.19. The highest BCUT2D eigenvalue weighted by atomic mass is 16.5. The number of anilines is 2. The maximum atomic E-state index is 12.3. The third-order valence-corrected chi connectivity index (χ3v) is 3.90. The van der Waals surface area contributed by atoms with E-state index in [1.165, 1.54) is 0 Å². The Bertz CT molecular complexity index is 731. The number of aromatic nitrogens is 2. The van der Waals surface area contributed by atoms with E-state index in [2.05, 4.69) is 36.5 Å². The Morgan fingerprint density at radius 2 is 2.04 bits per heavy atom. The lowest BCUT2D eigenvalue weighted by Crippen LogP contribution is -2.29. The first-order chi connectivity index (χ1) is 11.7. The summed E-state index contributed by atoms with van der Waals surface area (Å²) in [6, 6.07) is 9.75. The van der Waals surface area contributed by atoms with Crippen molar-refractivity contribution in [2.45, 2.75) is 46.3 Å². The summed E-state index contributed by atoms with van der Waals surface area (Å²) in [7, 11) is 1.68. The first kappa shape index (κ1) is 19.0. The molecule has 0 fully saturated rings. The number of nitrogens with zero attached hydrogens (tertiary/aromatic N) is 2. The number of rotatable bonds is 6. The zero-order valence-corrected chi connectivity index (χ0v) is 15.9. The van der Waals surface area contributed by atoms with Crippen LogP contribution < -0.4 is 10.6 Å². The van der Waals surface area contributed by atoms with Crippen molar-refractivity contribution in [1.29, 1.82) is 0 Å². The topological polar surface area (TPSA) is 68.2 Å². The number of amides is 1. The summed E-state index contributed by atoms with van der Waals surface area (Å²) in [6.07, 6.45) is 0.0136. The van der Waals surface area contributed by atoms with Gasteiger partial charge in [-0.05, 0) is 52.3 Å². The molecule has 6 nitrogen and oxygen atoms in total. The molecule has 0 bridgehead atoms. The summed E-state index contributed by atoms with van der Waals surface area (Å²) in [5.41, 5.74) is 2.63. The molecule has 1 aromatic heterocycles. The molecule has 0 saturated heterocycles. The molecule has 0 spiro atoms. The van der Waals surface area contributed by atoms with Gasteiger partial charge in [0.05, 0.1) is 23.9 Å². The van der Waals surface area contributed by atoms with Gasteiger partial charge in [-0.15, -0.1) is 0 Å². The van der Waals surface area contributed by atoms with Gasteiger partial charge in [-0.2, -0.15) is 5.10 Å². The van der Waals surface area contributed by atoms with Gasteiger partial charge in [0, 0.05) is 18.9 Å². The maximum absolute atomic E-state index is 12.3. The van der Waals surface area contributed by atoms with Gasteiger partial charge in [-0.25, -0.2) is 4.68 Å². The molecular formula is C19H28N4O2. The van der Waals surface area contributed by atoms with Crippen molar-refractivity contribution < 1.29 is 9.53 Å². The van der Waals surface area contributed by atoms with E-state index in [0.717, 1.165) is 16.9 Å². The number of carbonyl (C=O) groups is 1. The maximum Gasteiger partial charge on any atom is 0.244 e. The number of methoxy groups -OCH3 is 1. The van der Waals surface area contributed by atoms with Gasteiger partial charge in [0.2, 0.25) is 5.91 Å². The van der Waals surface area contributed by atoms with Gasteiger partial charge in [-0.3, -0.25) is 4.79 Å². The van der Waals surface area contributed by atoms with Crippen LogP contribution in [0.5, 0.6) is 0 Å². The standard InChI is InChI=1S/C19H28N4O2/c1-13-10-17(23(22-13)19(3,4)5)21-18(24)12-20-16-9-7-8-15(11-16)14(2)25-6/h7-11,14,20H,12H2,1-6H3,(H,21,24)/t14-/m1/s1. The number of hydrogen-bond acceptors (Lipinski definition) is 4. The van der Waals surface area contributed by atoms with E-state index in [9.17, 15) is 4.79 Å². The summed E-state index contributed by atoms with van der Waals surface area (Å²) >= 11 is 0. The van der Waals surface area contributed by atoms with Crippen LogP contribution in [-0.2, 0) is 15.1 Å². The highest BCUT2D eigenvalue weighted by Crippen LogP contribution is 2.22. The molecule has 2 rings (SSSR count). The lowest BCUT2D eigenvalue weighted by Gasteiger charge is -2.22. The fraction of sp³-hybridized carbons (Fsp3) is 0.474. The van der Waals surface area contributed by atoms with Crippen LogP contribution in [-0.4, -0.2) is 29.3 Å². The van der Waals surface area contributed by atoms with Crippen LogP contribution in [0.4, 0.5) is 11.5 Å². The second kappa shape index (κ2) is 7.70. The number of nitrogens with one attached hydrogen (secondary N) is 2. The van der Waals surface area contributed by atoms with Crippen LogP contribution in [0.1, 0.15) is 45.1 Å². The molecule has 6 heteroatoms. The molecule has 0 aliphatic carbocycles. The van der Waals surface area contributed by atoms with Gasteiger partial charge in [0.15, 0.2) is 0 Å². The monoisotopic (exact) mass is 344 g/mol. The van der Waals surface area contributed by atoms with Crippen LogP contribution in [0.3, 0.4) is 0 Å². The zero-order chi connectivity index (χ0) is 18.6. The molecule has 0 unspecified atom stereocenters. The first-order valence-corrected chi connectivity index (χ1v) is 8.44. The molecule has 1 amide bonds. The van der Waals surface area contributed by atoms with E-state index in [1.54, 1.807) is 7.11 Å². The Labute approximate surface area is 149 Å². The van der Waals surface area contributed by atoms with E-state index >= 15 is 0 Å². The van der Waals surface area contributed by atoms with Crippen LogP contribution in [0, 0.1) is 6.92 Å². The lowest BCUT2D eigenvalue weighted by atomic mass is 10.1. The lowest BCUT2D eigenvalue weighted by molar-refractivity contribution is -0.114. The highest BCUT2D eigenvalue weighted by molar-refractivity contribution is 5.93. The van der Waals surface area contributed by atoms with Crippen LogP contribution in [0.15, 0.2) is 30.3 Å². The zero-order valence-electron chi connectivity index (χ0n) is 15.9. The molecule has 1 aromatic carbocycles. The third-order valence-electron chi connectivity index (χ3n) is 3.90. The predicted octanol–water partition coefficient (Wildman–Crippen LogP) is 3.70. The van der Waals surface area contributed by atoms with Gasteiger partial charge < -0.3 is 15.4 Å². The Morgan fingerprint density at radius 1 is 1.32 bits per heavy atom. The summed E-state index contributed by atoms with van der Waals surface area (Å²) in [5, 5.41) is 10.5. The van der Waals surface area contributed by atoms with Gasteiger partial charge in [0.25, 0.3) is 0 Å². The molecule has 1 heterocycles. The summed E-state index contributed by atoms with van der Waals surface area (Å²) < 4.78 is 7.16. The predicted molar refractivity (Wildman–Crippen MR) is 101 cm³/mol. The summed E-state index contributed by atoms with van der Waals surface area (Å²) in [4.78, 5) is 12.3. The van der Waals surface area contributed by atoms with Gasteiger partial charge in [0.1, 0.15) is 5.82 Å². The molecule has 0 aliphatic heterocycles. The summed E-state index contributed by atoms with van der Waals surface area (Å²) in [6.45, 7) is 10.2. The Balaban J connectivity index is 2.00. The molecule has 0 aliphatic rings. The average molecular weight is 344 g/mol. The van der Waals surface area contributed by atoms with Crippen LogP contribution in [0.2, 0.25) is 0 Å². The number of carbonyl (C=O) groups excluding carboxylic acids is 1. The van der Waals surface area contributed by atoms with Crippen molar-refractivity contribution >= 4 is 17.4 Å². The molecule has 136 valence electrons. The van der Waals surface area contributed by atoms with Gasteiger partial charge in [-0.1, -0.05) is 12.1 Å². The minimum atomic E-state index is -0.199. The molecule has 0 radical (unpaired) electrons. The van der Waals surface area contributed by atoms with E-state index in [4.69, 9.17) is 4.74 Å². The number of aryl methyl sites for hydroxylation is 1. The van der Waals surface area contributed by atoms with E-state index in [1.807, 2.05) is 48.9 Å². The van der Waals surface area contributed by atoms with Crippen LogP contribution >= 0.6 is 0 Å². The van der Waals surface area contributed by atoms with Crippen LogP contribution in [0.25, 0.3) is 0 Å². The quantitative estimate of drug-likeness (QED) is 0.838. The first-order valence-electron chi connectivity index (χ1n) is 8.44. The van der Waals surface area contributed by atoms with Crippen molar-refractivity contribution in [3.63, 3.8) is 0 Å². The van der Waals surface area contributed by atoms with Crippen molar-refractivity contribution in [3.8, 4) is 0 Å². The second-order valence-corrected chi connectivity index (χ2v) is 7.16. The second-order valence-electron chi connectivity index (χ2n) is 7.16. The molecule has 25 heavy (non-hydrogen) atoms. The fourth-order valence-corrected chi connectivity index (χ4v) is 2.51. The van der Waals surface area contributed by atoms with Crippen molar-refractivity contribution in [3.05, 3.63) is 41.6 Å². The molecule has 2 aromatic rings. The molecular weight excluding hydrogens is 316 g/mol. The number of ether oxygens (including phenoxy) is 1. The van der Waals surface area contributed by atoms with E-state index in [-0.39, 0.29) is 24.1 Å². The SMILES string of the molecule is CO[C@H](C)c1cccc(NCC(=O)Nc2cc(C)nn2C(C)(C)C)c1. The smallest absolute Gasteiger partial charge is 0.244 e. The Kier molecular flexibility index (Phi) is 5.85. The van der Waals surface area contributed by atoms with Crippen molar-refractivity contribution in [1.82, 2.24) is 9.78 Å². The van der Waals surface area contributed by atoms with Crippen molar-refractivity contribution in [2.24, 2.45) is 0 Å². The Morgan fingerprint density at radius 3 is 2.68 bits per heavy atom. The minimum Gasteiger partial charge on any atom is -0.377 e. The van der Waals surface area contributed by atoms with E-state index in [0.29, 0.717) is 5.82 Å². The Hall–Kier alpha value is -2.34. The van der Waals surface area contributed by atoms with Gasteiger partial charge >= 0.3 is 0 Å². The molecule has 2 N–H and O–H groups in total. The molecule has 1 atom stereocenters.